The molecule has 0 aliphatic carbocycles. The van der Waals surface area contributed by atoms with Gasteiger partial charge in [-0.2, -0.15) is 0 Å². The Labute approximate surface area is 119 Å². The number of aliphatic carboxylic acids is 1. The molecule has 4 heteroatoms. The van der Waals surface area contributed by atoms with E-state index in [-0.39, 0.29) is 5.78 Å². The van der Waals surface area contributed by atoms with E-state index in [4.69, 9.17) is 9.84 Å². The van der Waals surface area contributed by atoms with Gasteiger partial charge in [-0.25, -0.2) is 0 Å². The van der Waals surface area contributed by atoms with Crippen LogP contribution in [0.4, 0.5) is 0 Å². The van der Waals surface area contributed by atoms with Gasteiger partial charge in [-0.3, -0.25) is 9.59 Å². The summed E-state index contributed by atoms with van der Waals surface area (Å²) in [5, 5.41) is 8.56. The lowest BCUT2D eigenvalue weighted by Crippen LogP contribution is -2.06. The second-order valence-corrected chi connectivity index (χ2v) is 4.78. The van der Waals surface area contributed by atoms with Gasteiger partial charge in [-0.1, -0.05) is 32.6 Å². The lowest BCUT2D eigenvalue weighted by molar-refractivity contribution is -0.135. The SMILES string of the molecule is CCCCCCCOc1ccc(C(=O)CC(=O)O)cc1. The highest BCUT2D eigenvalue weighted by Crippen LogP contribution is 2.14. The Balaban J connectivity index is 2.31. The normalized spacial score (nSPS) is 10.2. The van der Waals surface area contributed by atoms with Gasteiger partial charge in [0.05, 0.1) is 6.61 Å². The van der Waals surface area contributed by atoms with Gasteiger partial charge in [0.25, 0.3) is 0 Å². The van der Waals surface area contributed by atoms with Crippen LogP contribution in [0.3, 0.4) is 0 Å². The van der Waals surface area contributed by atoms with Crippen LogP contribution in [0.25, 0.3) is 0 Å². The van der Waals surface area contributed by atoms with E-state index in [0.29, 0.717) is 17.9 Å². The van der Waals surface area contributed by atoms with E-state index in [2.05, 4.69) is 6.92 Å². The predicted molar refractivity (Wildman–Crippen MR) is 77.3 cm³/mol. The first-order valence-electron chi connectivity index (χ1n) is 7.11. The monoisotopic (exact) mass is 278 g/mol. The topological polar surface area (TPSA) is 63.6 Å². The van der Waals surface area contributed by atoms with Crippen LogP contribution < -0.4 is 4.74 Å². The summed E-state index contributed by atoms with van der Waals surface area (Å²) in [6, 6.07) is 6.64. The molecule has 0 fully saturated rings. The maximum absolute atomic E-state index is 11.5. The lowest BCUT2D eigenvalue weighted by atomic mass is 10.1. The Morgan fingerprint density at radius 3 is 2.30 bits per heavy atom. The van der Waals surface area contributed by atoms with E-state index >= 15 is 0 Å². The first kappa shape index (κ1) is 16.2. The zero-order valence-electron chi connectivity index (χ0n) is 11.9. The summed E-state index contributed by atoms with van der Waals surface area (Å²) in [6.07, 6.45) is 5.45. The number of carboxylic acid groups (broad SMARTS) is 1. The van der Waals surface area contributed by atoms with E-state index < -0.39 is 12.4 Å². The van der Waals surface area contributed by atoms with Crippen molar-refractivity contribution in [3.63, 3.8) is 0 Å². The van der Waals surface area contributed by atoms with Crippen molar-refractivity contribution >= 4 is 11.8 Å². The van der Waals surface area contributed by atoms with Gasteiger partial charge in [0, 0.05) is 5.56 Å². The zero-order valence-corrected chi connectivity index (χ0v) is 11.9. The zero-order chi connectivity index (χ0) is 14.8. The highest BCUT2D eigenvalue weighted by Gasteiger charge is 2.10. The second kappa shape index (κ2) is 9.13. The van der Waals surface area contributed by atoms with Crippen molar-refractivity contribution in [2.45, 2.75) is 45.4 Å². The Morgan fingerprint density at radius 2 is 1.70 bits per heavy atom. The summed E-state index contributed by atoms with van der Waals surface area (Å²) in [4.78, 5) is 22.0. The molecule has 0 saturated heterocycles. The van der Waals surface area contributed by atoms with Crippen LogP contribution in [0.2, 0.25) is 0 Å². The molecule has 4 nitrogen and oxygen atoms in total. The number of hydrogen-bond donors (Lipinski definition) is 1. The third kappa shape index (κ3) is 6.36. The molecule has 1 rings (SSSR count). The molecule has 1 aromatic carbocycles. The van der Waals surface area contributed by atoms with Crippen molar-refractivity contribution < 1.29 is 19.4 Å². The fourth-order valence-electron chi connectivity index (χ4n) is 1.87. The van der Waals surface area contributed by atoms with Crippen LogP contribution in [0.1, 0.15) is 55.8 Å². The third-order valence-electron chi connectivity index (χ3n) is 3.00. The van der Waals surface area contributed by atoms with Crippen molar-refractivity contribution in [3.05, 3.63) is 29.8 Å². The molecule has 0 bridgehead atoms. The second-order valence-electron chi connectivity index (χ2n) is 4.78. The Morgan fingerprint density at radius 1 is 1.05 bits per heavy atom. The number of carboxylic acids is 1. The highest BCUT2D eigenvalue weighted by molar-refractivity contribution is 6.05. The lowest BCUT2D eigenvalue weighted by Gasteiger charge is -2.06. The summed E-state index contributed by atoms with van der Waals surface area (Å²) in [5.74, 6) is -0.779. The van der Waals surface area contributed by atoms with E-state index in [9.17, 15) is 9.59 Å². The molecule has 20 heavy (non-hydrogen) atoms. The van der Waals surface area contributed by atoms with Gasteiger partial charge in [-0.15, -0.1) is 0 Å². The molecule has 1 aromatic rings. The number of benzene rings is 1. The number of unbranched alkanes of at least 4 members (excludes halogenated alkanes) is 4. The number of ether oxygens (including phenoxy) is 1. The third-order valence-corrected chi connectivity index (χ3v) is 3.00. The van der Waals surface area contributed by atoms with Gasteiger partial charge in [0.1, 0.15) is 12.2 Å². The molecule has 0 saturated carbocycles. The molecule has 0 atom stereocenters. The largest absolute Gasteiger partial charge is 0.494 e. The standard InChI is InChI=1S/C16H22O4/c1-2-3-4-5-6-11-20-14-9-7-13(8-10-14)15(17)12-16(18)19/h7-10H,2-6,11-12H2,1H3,(H,18,19). The molecule has 0 spiro atoms. The van der Waals surface area contributed by atoms with Crippen LogP contribution in [-0.4, -0.2) is 23.5 Å². The van der Waals surface area contributed by atoms with Crippen LogP contribution in [0, 0.1) is 0 Å². The van der Waals surface area contributed by atoms with E-state index in [0.717, 1.165) is 6.42 Å². The van der Waals surface area contributed by atoms with Gasteiger partial charge in [-0.05, 0) is 30.7 Å². The molecule has 0 aromatic heterocycles. The van der Waals surface area contributed by atoms with Crippen molar-refractivity contribution in [1.82, 2.24) is 0 Å². The number of carbonyl (C=O) groups is 2. The molecule has 0 aliphatic heterocycles. The quantitative estimate of drug-likeness (QED) is 0.403. The number of ketones is 1. The average molecular weight is 278 g/mol. The molecular formula is C16H22O4. The molecule has 0 amide bonds. The number of hydrogen-bond acceptors (Lipinski definition) is 3. The van der Waals surface area contributed by atoms with Crippen molar-refractivity contribution in [2.75, 3.05) is 6.61 Å². The van der Waals surface area contributed by atoms with Crippen LogP contribution in [0.15, 0.2) is 24.3 Å². The molecule has 1 N–H and O–H groups in total. The highest BCUT2D eigenvalue weighted by atomic mass is 16.5. The van der Waals surface area contributed by atoms with E-state index in [1.54, 1.807) is 24.3 Å². The summed E-state index contributed by atoms with van der Waals surface area (Å²) in [5.41, 5.74) is 0.405. The van der Waals surface area contributed by atoms with Gasteiger partial charge < -0.3 is 9.84 Å². The molecule has 0 unspecified atom stereocenters. The van der Waals surface area contributed by atoms with Gasteiger partial charge in [0.15, 0.2) is 5.78 Å². The van der Waals surface area contributed by atoms with Crippen LogP contribution in [-0.2, 0) is 4.79 Å². The number of Topliss-reactive ketones (excluding diaryl/α,β-unsaturated/α-hetero) is 1. The summed E-state index contributed by atoms with van der Waals surface area (Å²) < 4.78 is 5.57. The Bertz CT molecular complexity index is 423. The van der Waals surface area contributed by atoms with Crippen molar-refractivity contribution in [1.29, 1.82) is 0 Å². The van der Waals surface area contributed by atoms with Gasteiger partial charge >= 0.3 is 5.97 Å². The predicted octanol–water partition coefficient (Wildman–Crippen LogP) is 3.69. The maximum atomic E-state index is 11.5. The first-order valence-corrected chi connectivity index (χ1v) is 7.11. The van der Waals surface area contributed by atoms with E-state index in [1.165, 1.54) is 25.7 Å². The van der Waals surface area contributed by atoms with E-state index in [1.807, 2.05) is 0 Å². The minimum absolute atomic E-state index is 0.386. The van der Waals surface area contributed by atoms with Crippen molar-refractivity contribution in [3.8, 4) is 5.75 Å². The molecule has 110 valence electrons. The Hall–Kier alpha value is -1.84. The first-order chi connectivity index (χ1) is 9.63. The average Bonchev–Trinajstić information content (AvgIpc) is 2.42. The number of carbonyl (C=O) groups excluding carboxylic acids is 1. The molecular weight excluding hydrogens is 256 g/mol. The molecule has 0 radical (unpaired) electrons. The number of rotatable bonds is 10. The van der Waals surface area contributed by atoms with Crippen LogP contribution in [0.5, 0.6) is 5.75 Å². The molecule has 0 heterocycles. The Kier molecular flexibility index (Phi) is 7.40. The summed E-state index contributed by atoms with van der Waals surface area (Å²) in [7, 11) is 0. The van der Waals surface area contributed by atoms with Crippen LogP contribution >= 0.6 is 0 Å². The minimum Gasteiger partial charge on any atom is -0.494 e. The fourth-order valence-corrected chi connectivity index (χ4v) is 1.87. The van der Waals surface area contributed by atoms with Gasteiger partial charge in [0.2, 0.25) is 0 Å². The fraction of sp³-hybridized carbons (Fsp3) is 0.500. The minimum atomic E-state index is -1.11. The maximum Gasteiger partial charge on any atom is 0.311 e. The smallest absolute Gasteiger partial charge is 0.311 e. The summed E-state index contributed by atoms with van der Waals surface area (Å²) in [6.45, 7) is 2.86. The summed E-state index contributed by atoms with van der Waals surface area (Å²) >= 11 is 0. The molecule has 0 aliphatic rings. The van der Waals surface area contributed by atoms with Crippen molar-refractivity contribution in [2.24, 2.45) is 0 Å².